The van der Waals surface area contributed by atoms with Crippen molar-refractivity contribution in [3.8, 4) is 5.75 Å². The summed E-state index contributed by atoms with van der Waals surface area (Å²) in [5, 5.41) is 3.21. The minimum absolute atomic E-state index is 0.171. The fourth-order valence-electron chi connectivity index (χ4n) is 2.35. The van der Waals surface area contributed by atoms with Crippen molar-refractivity contribution in [1.82, 2.24) is 4.31 Å². The van der Waals surface area contributed by atoms with Gasteiger partial charge in [-0.05, 0) is 36.8 Å². The molecule has 1 N–H and O–H groups in total. The number of carbonyl (C=O) groups excluding carboxylic acids is 1. The van der Waals surface area contributed by atoms with Crippen LogP contribution in [0.2, 0.25) is 5.02 Å². The molecule has 0 unspecified atom stereocenters. The number of nitrogens with one attached hydrogen (secondary N) is 1. The first-order chi connectivity index (χ1) is 12.3. The maximum atomic E-state index is 12.4. The number of benzene rings is 2. The van der Waals surface area contributed by atoms with Crippen LogP contribution < -0.4 is 10.1 Å². The maximum Gasteiger partial charge on any atom is 0.242 e. The summed E-state index contributed by atoms with van der Waals surface area (Å²) in [6.45, 7) is 0.233. The molecule has 0 aromatic heterocycles. The number of anilines is 1. The predicted molar refractivity (Wildman–Crippen MR) is 102 cm³/mol. The highest BCUT2D eigenvalue weighted by atomic mass is 35.5. The lowest BCUT2D eigenvalue weighted by molar-refractivity contribution is -0.116. The Hall–Kier alpha value is -2.09. The van der Waals surface area contributed by atoms with Crippen LogP contribution in [-0.4, -0.2) is 39.3 Å². The molecule has 8 heteroatoms. The molecule has 0 spiro atoms. The van der Waals surface area contributed by atoms with Gasteiger partial charge in [0, 0.05) is 25.0 Å². The number of sulfonamides is 1. The molecule has 0 atom stereocenters. The van der Waals surface area contributed by atoms with Crippen molar-refractivity contribution in [1.29, 1.82) is 0 Å². The van der Waals surface area contributed by atoms with E-state index < -0.39 is 10.0 Å². The molecule has 0 aliphatic heterocycles. The lowest BCUT2D eigenvalue weighted by Crippen LogP contribution is -2.28. The highest BCUT2D eigenvalue weighted by Gasteiger charge is 2.20. The molecule has 0 aliphatic carbocycles. The van der Waals surface area contributed by atoms with Crippen molar-refractivity contribution in [2.75, 3.05) is 26.0 Å². The standard InChI is InChI=1S/C18H21ClN2O4S/c1-21(26(23,24)15-7-4-3-5-8-15)12-6-9-18(22)20-16-13-14(19)10-11-17(16)25-2/h3-5,7-8,10-11,13H,6,9,12H2,1-2H3,(H,20,22). The first-order valence-electron chi connectivity index (χ1n) is 7.99. The van der Waals surface area contributed by atoms with Gasteiger partial charge in [0.1, 0.15) is 5.75 Å². The molecule has 1 amide bonds. The summed E-state index contributed by atoms with van der Waals surface area (Å²) < 4.78 is 31.3. The van der Waals surface area contributed by atoms with Crippen LogP contribution in [0, 0.1) is 0 Å². The van der Waals surface area contributed by atoms with Gasteiger partial charge < -0.3 is 10.1 Å². The van der Waals surface area contributed by atoms with Gasteiger partial charge in [-0.15, -0.1) is 0 Å². The van der Waals surface area contributed by atoms with Gasteiger partial charge in [-0.25, -0.2) is 12.7 Å². The van der Waals surface area contributed by atoms with Gasteiger partial charge in [-0.3, -0.25) is 4.79 Å². The Balaban J connectivity index is 1.89. The SMILES string of the molecule is COc1ccc(Cl)cc1NC(=O)CCCN(C)S(=O)(=O)c1ccccc1. The second kappa shape index (κ2) is 9.02. The first kappa shape index (κ1) is 20.2. The summed E-state index contributed by atoms with van der Waals surface area (Å²) in [4.78, 5) is 12.3. The van der Waals surface area contributed by atoms with Crippen molar-refractivity contribution in [2.45, 2.75) is 17.7 Å². The van der Waals surface area contributed by atoms with Crippen molar-refractivity contribution in [3.05, 3.63) is 53.6 Å². The normalized spacial score (nSPS) is 11.4. The van der Waals surface area contributed by atoms with E-state index in [9.17, 15) is 13.2 Å². The Morgan fingerprint density at radius 2 is 1.88 bits per heavy atom. The topological polar surface area (TPSA) is 75.7 Å². The van der Waals surface area contributed by atoms with E-state index in [0.717, 1.165) is 0 Å². The number of ether oxygens (including phenoxy) is 1. The molecule has 0 aliphatic rings. The Bertz CT molecular complexity index is 857. The van der Waals surface area contributed by atoms with Crippen molar-refractivity contribution < 1.29 is 17.9 Å². The van der Waals surface area contributed by atoms with Gasteiger partial charge in [0.25, 0.3) is 0 Å². The van der Waals surface area contributed by atoms with Crippen LogP contribution in [0.25, 0.3) is 0 Å². The van der Waals surface area contributed by atoms with E-state index in [1.807, 2.05) is 0 Å². The van der Waals surface area contributed by atoms with Crippen molar-refractivity contribution in [2.24, 2.45) is 0 Å². The summed E-state index contributed by atoms with van der Waals surface area (Å²) in [6.07, 6.45) is 0.557. The first-order valence-corrected chi connectivity index (χ1v) is 9.81. The van der Waals surface area contributed by atoms with Gasteiger partial charge >= 0.3 is 0 Å². The van der Waals surface area contributed by atoms with Gasteiger partial charge in [-0.1, -0.05) is 29.8 Å². The Morgan fingerprint density at radius 3 is 2.54 bits per heavy atom. The minimum Gasteiger partial charge on any atom is -0.495 e. The maximum absolute atomic E-state index is 12.4. The van der Waals surface area contributed by atoms with Crippen LogP contribution in [0.4, 0.5) is 5.69 Å². The molecular weight excluding hydrogens is 376 g/mol. The molecular formula is C18H21ClN2O4S. The van der Waals surface area contributed by atoms with E-state index in [1.54, 1.807) is 48.5 Å². The number of amides is 1. The zero-order chi connectivity index (χ0) is 19.2. The smallest absolute Gasteiger partial charge is 0.242 e. The third-order valence-corrected chi connectivity index (χ3v) is 5.87. The lowest BCUT2D eigenvalue weighted by atomic mass is 10.2. The number of nitrogens with zero attached hydrogens (tertiary/aromatic N) is 1. The summed E-state index contributed by atoms with van der Waals surface area (Å²) >= 11 is 5.93. The summed E-state index contributed by atoms with van der Waals surface area (Å²) in [5.41, 5.74) is 0.482. The van der Waals surface area contributed by atoms with E-state index in [0.29, 0.717) is 22.9 Å². The van der Waals surface area contributed by atoms with Crippen LogP contribution in [0.15, 0.2) is 53.4 Å². The molecule has 140 valence electrons. The molecule has 2 rings (SSSR count). The third-order valence-electron chi connectivity index (χ3n) is 3.76. The second-order valence-corrected chi connectivity index (χ2v) is 8.12. The molecule has 0 saturated carbocycles. The Morgan fingerprint density at radius 1 is 1.19 bits per heavy atom. The monoisotopic (exact) mass is 396 g/mol. The van der Waals surface area contributed by atoms with Crippen LogP contribution in [-0.2, 0) is 14.8 Å². The quantitative estimate of drug-likeness (QED) is 0.742. The number of halogens is 1. The van der Waals surface area contributed by atoms with Crippen LogP contribution in [0.5, 0.6) is 5.75 Å². The number of carbonyl (C=O) groups is 1. The fourth-order valence-corrected chi connectivity index (χ4v) is 3.75. The zero-order valence-electron chi connectivity index (χ0n) is 14.6. The van der Waals surface area contributed by atoms with Crippen LogP contribution >= 0.6 is 11.6 Å². The second-order valence-electron chi connectivity index (χ2n) is 5.64. The van der Waals surface area contributed by atoms with E-state index in [1.165, 1.54) is 18.5 Å². The highest BCUT2D eigenvalue weighted by Crippen LogP contribution is 2.27. The summed E-state index contributed by atoms with van der Waals surface area (Å²) in [7, 11) is -0.545. The molecule has 0 fully saturated rings. The van der Waals surface area contributed by atoms with Gasteiger partial charge in [0.05, 0.1) is 17.7 Å². The number of hydrogen-bond acceptors (Lipinski definition) is 4. The Kier molecular flexibility index (Phi) is 7.02. The lowest BCUT2D eigenvalue weighted by Gasteiger charge is -2.17. The number of hydrogen-bond donors (Lipinski definition) is 1. The van der Waals surface area contributed by atoms with E-state index in [-0.39, 0.29) is 23.8 Å². The summed E-state index contributed by atoms with van der Waals surface area (Å²) in [6, 6.07) is 13.1. The molecule has 2 aromatic carbocycles. The third kappa shape index (κ3) is 5.20. The Labute approximate surface area is 158 Å². The molecule has 0 heterocycles. The van der Waals surface area contributed by atoms with Crippen LogP contribution in [0.1, 0.15) is 12.8 Å². The molecule has 0 saturated heterocycles. The van der Waals surface area contributed by atoms with Crippen molar-refractivity contribution in [3.63, 3.8) is 0 Å². The zero-order valence-corrected chi connectivity index (χ0v) is 16.2. The van der Waals surface area contributed by atoms with Crippen LogP contribution in [0.3, 0.4) is 0 Å². The molecule has 26 heavy (non-hydrogen) atoms. The average molecular weight is 397 g/mol. The molecule has 0 bridgehead atoms. The van der Waals surface area contributed by atoms with E-state index in [4.69, 9.17) is 16.3 Å². The van der Waals surface area contributed by atoms with Gasteiger partial charge in [-0.2, -0.15) is 0 Å². The molecule has 2 aromatic rings. The number of rotatable bonds is 8. The van der Waals surface area contributed by atoms with E-state index in [2.05, 4.69) is 5.32 Å². The average Bonchev–Trinajstić information content (AvgIpc) is 2.62. The number of methoxy groups -OCH3 is 1. The largest absolute Gasteiger partial charge is 0.495 e. The van der Waals surface area contributed by atoms with E-state index >= 15 is 0 Å². The highest BCUT2D eigenvalue weighted by molar-refractivity contribution is 7.89. The predicted octanol–water partition coefficient (Wildman–Crippen LogP) is 3.39. The van der Waals surface area contributed by atoms with Gasteiger partial charge in [0.2, 0.25) is 15.9 Å². The molecule has 0 radical (unpaired) electrons. The minimum atomic E-state index is -3.55. The van der Waals surface area contributed by atoms with Crippen molar-refractivity contribution >= 4 is 33.2 Å². The molecule has 6 nitrogen and oxygen atoms in total. The van der Waals surface area contributed by atoms with Gasteiger partial charge in [0.15, 0.2) is 0 Å². The summed E-state index contributed by atoms with van der Waals surface area (Å²) in [5.74, 6) is 0.266. The fraction of sp³-hybridized carbons (Fsp3) is 0.278.